The summed E-state index contributed by atoms with van der Waals surface area (Å²) in [6, 6.07) is 30.1. The lowest BCUT2D eigenvalue weighted by atomic mass is 9.67. The fraction of sp³-hybridized carbons (Fsp3) is 0.120. The van der Waals surface area contributed by atoms with Crippen LogP contribution in [-0.4, -0.2) is 7.11 Å². The predicted molar refractivity (Wildman–Crippen MR) is 112 cm³/mol. The summed E-state index contributed by atoms with van der Waals surface area (Å²) in [5.74, 6) is 0.878. The summed E-state index contributed by atoms with van der Waals surface area (Å²) in [4.78, 5) is 0. The van der Waals surface area contributed by atoms with Gasteiger partial charge in [-0.3, -0.25) is 0 Å². The van der Waals surface area contributed by atoms with Gasteiger partial charge in [0.2, 0.25) is 0 Å². The third kappa shape index (κ3) is 2.26. The maximum atomic E-state index is 5.39. The highest BCUT2D eigenvalue weighted by Gasteiger charge is 2.39. The van der Waals surface area contributed by atoms with Crippen molar-refractivity contribution in [3.05, 3.63) is 102 Å². The SMILES string of the molecule is COc1ccc(C2(C)c3ccccc3Nc3ccc4ccccc4c32)cc1. The lowest BCUT2D eigenvalue weighted by molar-refractivity contribution is 0.414. The molecule has 4 aromatic carbocycles. The zero-order valence-electron chi connectivity index (χ0n) is 15.5. The van der Waals surface area contributed by atoms with Crippen LogP contribution < -0.4 is 10.1 Å². The summed E-state index contributed by atoms with van der Waals surface area (Å²) < 4.78 is 5.39. The van der Waals surface area contributed by atoms with E-state index in [2.05, 4.69) is 97.2 Å². The van der Waals surface area contributed by atoms with Gasteiger partial charge in [-0.05, 0) is 58.7 Å². The number of methoxy groups -OCH3 is 1. The van der Waals surface area contributed by atoms with Crippen LogP contribution in [0.15, 0.2) is 84.9 Å². The maximum Gasteiger partial charge on any atom is 0.118 e. The van der Waals surface area contributed by atoms with E-state index in [1.54, 1.807) is 7.11 Å². The van der Waals surface area contributed by atoms with Gasteiger partial charge in [0.05, 0.1) is 7.11 Å². The summed E-state index contributed by atoms with van der Waals surface area (Å²) in [6.07, 6.45) is 0. The topological polar surface area (TPSA) is 21.3 Å². The molecule has 0 amide bonds. The van der Waals surface area contributed by atoms with Gasteiger partial charge in [0.25, 0.3) is 0 Å². The normalized spacial score (nSPS) is 17.7. The molecule has 0 saturated carbocycles. The number of fused-ring (bicyclic) bond motifs is 4. The second-order valence-corrected chi connectivity index (χ2v) is 7.23. The first-order chi connectivity index (χ1) is 13.2. The van der Waals surface area contributed by atoms with E-state index in [1.807, 2.05) is 0 Å². The molecular weight excluding hydrogens is 330 g/mol. The number of para-hydroxylation sites is 1. The first kappa shape index (κ1) is 16.0. The molecule has 1 unspecified atom stereocenters. The molecule has 2 heteroatoms. The summed E-state index contributed by atoms with van der Waals surface area (Å²) in [7, 11) is 1.71. The highest BCUT2D eigenvalue weighted by Crippen LogP contribution is 2.51. The number of anilines is 2. The predicted octanol–water partition coefficient (Wildman–Crippen LogP) is 6.26. The maximum absolute atomic E-state index is 5.39. The Morgan fingerprint density at radius 1 is 0.741 bits per heavy atom. The molecule has 27 heavy (non-hydrogen) atoms. The number of nitrogens with one attached hydrogen (secondary N) is 1. The Bertz CT molecular complexity index is 1150. The number of benzene rings is 4. The molecule has 1 aliphatic rings. The highest BCUT2D eigenvalue weighted by atomic mass is 16.5. The average Bonchev–Trinajstić information content (AvgIpc) is 2.73. The molecule has 0 aliphatic carbocycles. The van der Waals surface area contributed by atoms with E-state index in [-0.39, 0.29) is 5.41 Å². The van der Waals surface area contributed by atoms with Crippen molar-refractivity contribution >= 4 is 22.1 Å². The quantitative estimate of drug-likeness (QED) is 0.460. The summed E-state index contributed by atoms with van der Waals surface area (Å²) >= 11 is 0. The highest BCUT2D eigenvalue weighted by molar-refractivity contribution is 5.96. The van der Waals surface area contributed by atoms with E-state index in [9.17, 15) is 0 Å². The third-order valence-electron chi connectivity index (χ3n) is 5.83. The van der Waals surface area contributed by atoms with Crippen molar-refractivity contribution in [2.24, 2.45) is 0 Å². The van der Waals surface area contributed by atoms with Crippen LogP contribution >= 0.6 is 0 Å². The van der Waals surface area contributed by atoms with Gasteiger partial charge in [0.1, 0.15) is 5.75 Å². The van der Waals surface area contributed by atoms with E-state index in [4.69, 9.17) is 4.74 Å². The van der Waals surface area contributed by atoms with Crippen LogP contribution in [0.5, 0.6) is 5.75 Å². The fourth-order valence-corrected chi connectivity index (χ4v) is 4.45. The molecule has 1 aliphatic heterocycles. The molecule has 0 bridgehead atoms. The van der Waals surface area contributed by atoms with Crippen molar-refractivity contribution in [3.8, 4) is 5.75 Å². The van der Waals surface area contributed by atoms with Gasteiger partial charge < -0.3 is 10.1 Å². The Hall–Kier alpha value is -3.26. The smallest absolute Gasteiger partial charge is 0.118 e. The van der Waals surface area contributed by atoms with Gasteiger partial charge in [0.15, 0.2) is 0 Å². The van der Waals surface area contributed by atoms with E-state index in [0.717, 1.165) is 5.75 Å². The second-order valence-electron chi connectivity index (χ2n) is 7.23. The summed E-state index contributed by atoms with van der Waals surface area (Å²) in [5.41, 5.74) is 5.95. The minimum atomic E-state index is -0.260. The lowest BCUT2D eigenvalue weighted by Gasteiger charge is -2.40. The van der Waals surface area contributed by atoms with Crippen molar-refractivity contribution < 1.29 is 4.74 Å². The summed E-state index contributed by atoms with van der Waals surface area (Å²) in [5, 5.41) is 6.20. The molecule has 132 valence electrons. The van der Waals surface area contributed by atoms with E-state index >= 15 is 0 Å². The van der Waals surface area contributed by atoms with Crippen molar-refractivity contribution in [1.82, 2.24) is 0 Å². The molecule has 0 spiro atoms. The van der Waals surface area contributed by atoms with Gasteiger partial charge in [0, 0.05) is 16.8 Å². The average molecular weight is 351 g/mol. The van der Waals surface area contributed by atoms with E-state index in [1.165, 1.54) is 38.8 Å². The van der Waals surface area contributed by atoms with Gasteiger partial charge in [-0.1, -0.05) is 60.7 Å². The zero-order chi connectivity index (χ0) is 18.4. The second kappa shape index (κ2) is 5.88. The van der Waals surface area contributed by atoms with Crippen LogP contribution in [-0.2, 0) is 5.41 Å². The van der Waals surface area contributed by atoms with Crippen molar-refractivity contribution in [2.45, 2.75) is 12.3 Å². The third-order valence-corrected chi connectivity index (χ3v) is 5.83. The van der Waals surface area contributed by atoms with Crippen molar-refractivity contribution in [1.29, 1.82) is 0 Å². The van der Waals surface area contributed by atoms with Crippen molar-refractivity contribution in [2.75, 3.05) is 12.4 Å². The Morgan fingerprint density at radius 2 is 1.48 bits per heavy atom. The molecule has 0 fully saturated rings. The summed E-state index contributed by atoms with van der Waals surface area (Å²) in [6.45, 7) is 2.33. The van der Waals surface area contributed by atoms with Gasteiger partial charge in [-0.15, -0.1) is 0 Å². The molecule has 4 aromatic rings. The Balaban J connectivity index is 1.87. The molecule has 1 atom stereocenters. The number of hydrogen-bond donors (Lipinski definition) is 1. The van der Waals surface area contributed by atoms with E-state index < -0.39 is 0 Å². The molecule has 0 saturated heterocycles. The molecular formula is C25H21NO. The van der Waals surface area contributed by atoms with Gasteiger partial charge >= 0.3 is 0 Å². The minimum absolute atomic E-state index is 0.260. The number of ether oxygens (including phenoxy) is 1. The number of rotatable bonds is 2. The largest absolute Gasteiger partial charge is 0.497 e. The Morgan fingerprint density at radius 3 is 2.30 bits per heavy atom. The van der Waals surface area contributed by atoms with Crippen LogP contribution in [0.3, 0.4) is 0 Å². The minimum Gasteiger partial charge on any atom is -0.497 e. The first-order valence-electron chi connectivity index (χ1n) is 9.25. The van der Waals surface area contributed by atoms with Crippen LogP contribution in [0.2, 0.25) is 0 Å². The fourth-order valence-electron chi connectivity index (χ4n) is 4.45. The van der Waals surface area contributed by atoms with Gasteiger partial charge in [-0.25, -0.2) is 0 Å². The van der Waals surface area contributed by atoms with Gasteiger partial charge in [-0.2, -0.15) is 0 Å². The molecule has 5 rings (SSSR count). The van der Waals surface area contributed by atoms with Crippen LogP contribution in [0.4, 0.5) is 11.4 Å². The number of hydrogen-bond acceptors (Lipinski definition) is 2. The zero-order valence-corrected chi connectivity index (χ0v) is 15.5. The monoisotopic (exact) mass is 351 g/mol. The standard InChI is InChI=1S/C25H21NO/c1-25(18-12-14-19(27-2)15-13-18)21-9-5-6-10-22(21)26-23-16-11-17-7-3-4-8-20(17)24(23)25/h3-16,26H,1-2H3. The molecule has 1 heterocycles. The van der Waals surface area contributed by atoms with Crippen LogP contribution in [0.25, 0.3) is 10.8 Å². The Kier molecular flexibility index (Phi) is 3.48. The van der Waals surface area contributed by atoms with Crippen molar-refractivity contribution in [3.63, 3.8) is 0 Å². The first-order valence-corrected chi connectivity index (χ1v) is 9.25. The lowest BCUT2D eigenvalue weighted by Crippen LogP contribution is -2.31. The molecule has 0 radical (unpaired) electrons. The molecule has 0 aromatic heterocycles. The van der Waals surface area contributed by atoms with E-state index in [0.29, 0.717) is 0 Å². The Labute approximate surface area is 159 Å². The van der Waals surface area contributed by atoms with Crippen LogP contribution in [0, 0.1) is 0 Å². The molecule has 2 nitrogen and oxygen atoms in total. The van der Waals surface area contributed by atoms with Crippen LogP contribution in [0.1, 0.15) is 23.6 Å². The molecule has 1 N–H and O–H groups in total.